The summed E-state index contributed by atoms with van der Waals surface area (Å²) >= 11 is 0. The zero-order chi connectivity index (χ0) is 14.0. The molecule has 0 saturated carbocycles. The summed E-state index contributed by atoms with van der Waals surface area (Å²) in [7, 11) is -3.71. The van der Waals surface area contributed by atoms with Crippen LogP contribution in [0.1, 0.15) is 12.8 Å². The van der Waals surface area contributed by atoms with Gasteiger partial charge in [-0.25, -0.2) is 12.8 Å². The molecule has 5 nitrogen and oxygen atoms in total. The van der Waals surface area contributed by atoms with Crippen molar-refractivity contribution in [3.05, 3.63) is 30.1 Å². The van der Waals surface area contributed by atoms with E-state index in [1.54, 1.807) is 0 Å². The molecule has 1 aliphatic heterocycles. The number of nitrogens with one attached hydrogen (secondary N) is 1. The van der Waals surface area contributed by atoms with E-state index >= 15 is 0 Å². The monoisotopic (exact) mass is 285 g/mol. The van der Waals surface area contributed by atoms with Crippen molar-refractivity contribution in [3.63, 3.8) is 0 Å². The second kappa shape index (κ2) is 5.26. The minimum atomic E-state index is -3.71. The quantitative estimate of drug-likeness (QED) is 0.645. The van der Waals surface area contributed by atoms with E-state index < -0.39 is 15.8 Å². The molecule has 0 spiro atoms. The normalized spacial score (nSPS) is 21.2. The van der Waals surface area contributed by atoms with E-state index in [9.17, 15) is 12.8 Å². The number of amidine groups is 1. The van der Waals surface area contributed by atoms with Gasteiger partial charge in [-0.05, 0) is 31.0 Å². The van der Waals surface area contributed by atoms with Crippen LogP contribution in [0.3, 0.4) is 0 Å². The van der Waals surface area contributed by atoms with Gasteiger partial charge in [0.25, 0.3) is 0 Å². The van der Waals surface area contributed by atoms with Gasteiger partial charge in [-0.1, -0.05) is 6.07 Å². The highest BCUT2D eigenvalue weighted by atomic mass is 32.2. The Morgan fingerprint density at radius 3 is 2.84 bits per heavy atom. The van der Waals surface area contributed by atoms with Gasteiger partial charge in [-0.15, -0.1) is 0 Å². The molecule has 1 heterocycles. The van der Waals surface area contributed by atoms with E-state index in [4.69, 9.17) is 11.1 Å². The van der Waals surface area contributed by atoms with E-state index in [2.05, 4.69) is 0 Å². The van der Waals surface area contributed by atoms with Crippen molar-refractivity contribution in [2.24, 2.45) is 11.7 Å². The lowest BCUT2D eigenvalue weighted by Gasteiger charge is -2.31. The van der Waals surface area contributed by atoms with Crippen LogP contribution in [0.15, 0.2) is 29.2 Å². The van der Waals surface area contributed by atoms with Crippen molar-refractivity contribution in [1.82, 2.24) is 4.31 Å². The van der Waals surface area contributed by atoms with Crippen LogP contribution in [-0.4, -0.2) is 31.6 Å². The highest BCUT2D eigenvalue weighted by molar-refractivity contribution is 7.89. The Bertz CT molecular complexity index is 588. The van der Waals surface area contributed by atoms with Crippen LogP contribution in [0.5, 0.6) is 0 Å². The van der Waals surface area contributed by atoms with Gasteiger partial charge >= 0.3 is 0 Å². The fourth-order valence-corrected chi connectivity index (χ4v) is 3.75. The molecular formula is C12H16FN3O2S. The van der Waals surface area contributed by atoms with Crippen molar-refractivity contribution in [3.8, 4) is 0 Å². The van der Waals surface area contributed by atoms with Crippen molar-refractivity contribution in [1.29, 1.82) is 5.41 Å². The Morgan fingerprint density at radius 2 is 2.21 bits per heavy atom. The van der Waals surface area contributed by atoms with E-state index in [0.717, 1.165) is 6.07 Å². The summed E-state index contributed by atoms with van der Waals surface area (Å²) in [5.74, 6) is -0.836. The fraction of sp³-hybridized carbons (Fsp3) is 0.417. The molecule has 1 aliphatic rings. The first-order valence-electron chi connectivity index (χ1n) is 6.01. The summed E-state index contributed by atoms with van der Waals surface area (Å²) in [6.07, 6.45) is 1.36. The topological polar surface area (TPSA) is 87.2 Å². The molecular weight excluding hydrogens is 269 g/mol. The van der Waals surface area contributed by atoms with Gasteiger partial charge in [0.15, 0.2) is 0 Å². The maximum absolute atomic E-state index is 13.1. The van der Waals surface area contributed by atoms with Crippen LogP contribution in [0.4, 0.5) is 4.39 Å². The molecule has 0 radical (unpaired) electrons. The minimum absolute atomic E-state index is 0.000794. The van der Waals surface area contributed by atoms with Crippen LogP contribution in [0.2, 0.25) is 0 Å². The highest BCUT2D eigenvalue weighted by Gasteiger charge is 2.31. The number of nitrogens with two attached hydrogens (primary N) is 1. The average Bonchev–Trinajstić information content (AvgIpc) is 2.39. The molecule has 3 N–H and O–H groups in total. The molecule has 1 atom stereocenters. The van der Waals surface area contributed by atoms with Gasteiger partial charge in [0, 0.05) is 19.0 Å². The van der Waals surface area contributed by atoms with Crippen LogP contribution >= 0.6 is 0 Å². The van der Waals surface area contributed by atoms with E-state index in [1.807, 2.05) is 0 Å². The third-order valence-electron chi connectivity index (χ3n) is 3.26. The number of piperidine rings is 1. The molecule has 2 rings (SSSR count). The van der Waals surface area contributed by atoms with E-state index in [1.165, 1.54) is 22.5 Å². The van der Waals surface area contributed by atoms with Crippen LogP contribution in [0.25, 0.3) is 0 Å². The van der Waals surface area contributed by atoms with Gasteiger partial charge < -0.3 is 5.73 Å². The summed E-state index contributed by atoms with van der Waals surface area (Å²) in [4.78, 5) is -0.0586. The maximum atomic E-state index is 13.1. The zero-order valence-corrected chi connectivity index (χ0v) is 11.2. The fourth-order valence-electron chi connectivity index (χ4n) is 2.19. The Kier molecular flexibility index (Phi) is 3.86. The minimum Gasteiger partial charge on any atom is -0.387 e. The lowest BCUT2D eigenvalue weighted by atomic mass is 9.99. The molecule has 0 bridgehead atoms. The molecule has 1 fully saturated rings. The Hall–Kier alpha value is -1.47. The van der Waals surface area contributed by atoms with Crippen molar-refractivity contribution >= 4 is 15.9 Å². The summed E-state index contributed by atoms with van der Waals surface area (Å²) < 4.78 is 39.1. The predicted octanol–water partition coefficient (Wildman–Crippen LogP) is 1.16. The molecule has 0 amide bonds. The number of sulfonamides is 1. The molecule has 0 aliphatic carbocycles. The number of rotatable bonds is 3. The maximum Gasteiger partial charge on any atom is 0.243 e. The zero-order valence-electron chi connectivity index (χ0n) is 10.3. The second-order valence-corrected chi connectivity index (χ2v) is 6.55. The van der Waals surface area contributed by atoms with Gasteiger partial charge in [0.2, 0.25) is 10.0 Å². The molecule has 1 unspecified atom stereocenters. The molecule has 7 heteroatoms. The molecule has 0 aromatic heterocycles. The van der Waals surface area contributed by atoms with Gasteiger partial charge in [-0.3, -0.25) is 5.41 Å². The largest absolute Gasteiger partial charge is 0.387 e. The van der Waals surface area contributed by atoms with Crippen LogP contribution in [-0.2, 0) is 10.0 Å². The van der Waals surface area contributed by atoms with Gasteiger partial charge in [-0.2, -0.15) is 4.31 Å². The lowest BCUT2D eigenvalue weighted by molar-refractivity contribution is 0.310. The Morgan fingerprint density at radius 1 is 1.47 bits per heavy atom. The first-order valence-corrected chi connectivity index (χ1v) is 7.45. The number of benzene rings is 1. The van der Waals surface area contributed by atoms with Crippen LogP contribution < -0.4 is 5.73 Å². The third-order valence-corrected chi connectivity index (χ3v) is 5.12. The van der Waals surface area contributed by atoms with E-state index in [-0.39, 0.29) is 23.2 Å². The summed E-state index contributed by atoms with van der Waals surface area (Å²) in [5, 5.41) is 7.42. The predicted molar refractivity (Wildman–Crippen MR) is 69.8 cm³/mol. The highest BCUT2D eigenvalue weighted by Crippen LogP contribution is 2.23. The van der Waals surface area contributed by atoms with Gasteiger partial charge in [0.1, 0.15) is 5.82 Å². The van der Waals surface area contributed by atoms with Crippen molar-refractivity contribution in [2.75, 3.05) is 13.1 Å². The molecule has 1 aromatic carbocycles. The summed E-state index contributed by atoms with van der Waals surface area (Å²) in [5.41, 5.74) is 5.44. The number of hydrogen-bond acceptors (Lipinski definition) is 3. The molecule has 1 aromatic rings. The smallest absolute Gasteiger partial charge is 0.243 e. The van der Waals surface area contributed by atoms with E-state index in [0.29, 0.717) is 19.4 Å². The average molecular weight is 285 g/mol. The molecule has 104 valence electrons. The lowest BCUT2D eigenvalue weighted by Crippen LogP contribution is -2.43. The molecule has 1 saturated heterocycles. The SMILES string of the molecule is N=C(N)C1CCCN(S(=O)(=O)c2cccc(F)c2)C1. The summed E-state index contributed by atoms with van der Waals surface area (Å²) in [6, 6.07) is 4.95. The Balaban J connectivity index is 2.27. The standard InChI is InChI=1S/C12H16FN3O2S/c13-10-4-1-5-11(7-10)19(17,18)16-6-2-3-9(8-16)12(14)15/h1,4-5,7,9H,2-3,6,8H2,(H3,14,15). The first-order chi connectivity index (χ1) is 8.91. The van der Waals surface area contributed by atoms with Gasteiger partial charge in [0.05, 0.1) is 10.7 Å². The van der Waals surface area contributed by atoms with Crippen molar-refractivity contribution in [2.45, 2.75) is 17.7 Å². The number of nitrogens with zero attached hydrogens (tertiary/aromatic N) is 1. The number of halogens is 1. The number of hydrogen-bond donors (Lipinski definition) is 2. The van der Waals surface area contributed by atoms with Crippen LogP contribution in [0, 0.1) is 17.1 Å². The molecule has 19 heavy (non-hydrogen) atoms. The van der Waals surface area contributed by atoms with Crippen molar-refractivity contribution < 1.29 is 12.8 Å². The summed E-state index contributed by atoms with van der Waals surface area (Å²) in [6.45, 7) is 0.566. The Labute approximate surface area is 111 Å². The first kappa shape index (κ1) is 14.0. The third kappa shape index (κ3) is 2.93. The second-order valence-electron chi connectivity index (χ2n) is 4.61.